The highest BCUT2D eigenvalue weighted by Crippen LogP contribution is 2.22. The summed E-state index contributed by atoms with van der Waals surface area (Å²) in [6, 6.07) is 12.5. The lowest BCUT2D eigenvalue weighted by molar-refractivity contribution is 0.0526. The van der Waals surface area contributed by atoms with Crippen LogP contribution >= 0.6 is 0 Å². The fourth-order valence-corrected chi connectivity index (χ4v) is 5.72. The van der Waals surface area contributed by atoms with Gasteiger partial charge in [0.15, 0.2) is 0 Å². The van der Waals surface area contributed by atoms with Crippen LogP contribution in [0.1, 0.15) is 74.6 Å². The number of rotatable bonds is 19. The molecule has 0 unspecified atom stereocenters. The number of unbranched alkanes of at least 4 members (excludes halogenated alkanes) is 2. The molecule has 14 nitrogen and oxygen atoms in total. The molecule has 0 saturated heterocycles. The number of nitrogens with one attached hydrogen (secondary N) is 3. The summed E-state index contributed by atoms with van der Waals surface area (Å²) in [6.45, 7) is 11.6. The van der Waals surface area contributed by atoms with Gasteiger partial charge in [0.2, 0.25) is 0 Å². The summed E-state index contributed by atoms with van der Waals surface area (Å²) in [5.41, 5.74) is 0.0168. The molecule has 50 heavy (non-hydrogen) atoms. The summed E-state index contributed by atoms with van der Waals surface area (Å²) in [6.07, 6.45) is 1.66. The first-order chi connectivity index (χ1) is 23.7. The average molecular weight is 717 g/mol. The van der Waals surface area contributed by atoms with E-state index < -0.39 is 39.3 Å². The number of benzene rings is 2. The number of hydrogen-bond acceptors (Lipinski definition) is 11. The molecule has 0 aliphatic rings. The van der Waals surface area contributed by atoms with E-state index in [0.29, 0.717) is 36.9 Å². The van der Waals surface area contributed by atoms with Crippen molar-refractivity contribution in [1.82, 2.24) is 16.0 Å². The van der Waals surface area contributed by atoms with E-state index in [0.717, 1.165) is 25.2 Å². The zero-order valence-corrected chi connectivity index (χ0v) is 30.2. The monoisotopic (exact) mass is 716 g/mol. The number of ether oxygens (including phenoxy) is 2. The first-order valence-electron chi connectivity index (χ1n) is 16.7. The number of carbonyl (C=O) groups is 3. The van der Waals surface area contributed by atoms with E-state index in [4.69, 9.17) is 18.1 Å². The highest BCUT2D eigenvalue weighted by Gasteiger charge is 2.19. The van der Waals surface area contributed by atoms with Crippen molar-refractivity contribution in [3.63, 3.8) is 0 Å². The van der Waals surface area contributed by atoms with Crippen molar-refractivity contribution >= 4 is 44.7 Å². The second-order valence-corrected chi connectivity index (χ2v) is 13.9. The fourth-order valence-electron chi connectivity index (χ4n) is 4.78. The van der Waals surface area contributed by atoms with Crippen molar-refractivity contribution in [2.75, 3.05) is 57.4 Å². The minimum atomic E-state index is -4.17. The number of anilines is 1. The molecule has 0 fully saturated rings. The van der Waals surface area contributed by atoms with E-state index in [9.17, 15) is 27.6 Å². The highest BCUT2D eigenvalue weighted by molar-refractivity contribution is 7.86. The predicted octanol–water partition coefficient (Wildman–Crippen LogP) is 4.22. The first-order valence-corrected chi connectivity index (χ1v) is 18.1. The lowest BCUT2D eigenvalue weighted by Crippen LogP contribution is -2.33. The van der Waals surface area contributed by atoms with Crippen molar-refractivity contribution < 1.29 is 40.9 Å². The summed E-state index contributed by atoms with van der Waals surface area (Å²) in [5, 5.41) is 8.65. The minimum absolute atomic E-state index is 0.0389. The van der Waals surface area contributed by atoms with E-state index in [1.807, 2.05) is 19.9 Å². The van der Waals surface area contributed by atoms with Crippen molar-refractivity contribution in [3.8, 4) is 0 Å². The maximum absolute atomic E-state index is 12.7. The molecule has 274 valence electrons. The lowest BCUT2D eigenvalue weighted by atomic mass is 10.1. The minimum Gasteiger partial charge on any atom is -0.444 e. The van der Waals surface area contributed by atoms with Crippen LogP contribution in [0.4, 0.5) is 10.5 Å². The summed E-state index contributed by atoms with van der Waals surface area (Å²) in [5.74, 6) is -1.04. The van der Waals surface area contributed by atoms with Crippen LogP contribution in [0, 0.1) is 0 Å². The summed E-state index contributed by atoms with van der Waals surface area (Å²) < 4.78 is 46.4. The third-order valence-electron chi connectivity index (χ3n) is 7.28. The second-order valence-electron chi connectivity index (χ2n) is 12.3. The SMILES string of the molecule is CCN(CC)c1ccc2cc(C(=O)NCCOCCOS(=O)(=O)c3cccc(C(=O)NCCCCCNC(=O)OC(C)(C)C)c3)c(=O)oc2c1. The maximum Gasteiger partial charge on any atom is 0.407 e. The van der Waals surface area contributed by atoms with Gasteiger partial charge in [-0.3, -0.25) is 13.8 Å². The first kappa shape index (κ1) is 40.0. The molecule has 0 atom stereocenters. The summed E-state index contributed by atoms with van der Waals surface area (Å²) in [4.78, 5) is 51.3. The number of fused-ring (bicyclic) bond motifs is 1. The highest BCUT2D eigenvalue weighted by atomic mass is 32.2. The molecule has 0 bridgehead atoms. The smallest absolute Gasteiger partial charge is 0.407 e. The van der Waals surface area contributed by atoms with Crippen LogP contribution in [-0.4, -0.2) is 84.5 Å². The van der Waals surface area contributed by atoms with Gasteiger partial charge in [-0.2, -0.15) is 8.42 Å². The second kappa shape index (κ2) is 19.1. The van der Waals surface area contributed by atoms with Crippen LogP contribution in [-0.2, 0) is 23.8 Å². The predicted molar refractivity (Wildman–Crippen MR) is 189 cm³/mol. The molecule has 2 aromatic carbocycles. The van der Waals surface area contributed by atoms with Crippen LogP contribution < -0.4 is 26.5 Å². The quantitative estimate of drug-likeness (QED) is 0.0918. The van der Waals surface area contributed by atoms with Crippen molar-refractivity contribution in [2.24, 2.45) is 0 Å². The van der Waals surface area contributed by atoms with Gasteiger partial charge in [-0.1, -0.05) is 6.07 Å². The molecule has 3 aromatic rings. The molecule has 0 saturated carbocycles. The largest absolute Gasteiger partial charge is 0.444 e. The molecule has 0 radical (unpaired) electrons. The molecule has 1 aromatic heterocycles. The Labute approximate surface area is 293 Å². The summed E-state index contributed by atoms with van der Waals surface area (Å²) >= 11 is 0. The van der Waals surface area contributed by atoms with E-state index in [2.05, 4.69) is 20.9 Å². The van der Waals surface area contributed by atoms with Gasteiger partial charge < -0.3 is 34.7 Å². The Bertz CT molecular complexity index is 1770. The Kier molecular flexibility index (Phi) is 15.2. The van der Waals surface area contributed by atoms with Crippen LogP contribution in [0.3, 0.4) is 0 Å². The van der Waals surface area contributed by atoms with Gasteiger partial charge in [-0.15, -0.1) is 0 Å². The fraction of sp³-hybridized carbons (Fsp3) is 0.486. The van der Waals surface area contributed by atoms with Crippen LogP contribution in [0.25, 0.3) is 11.0 Å². The molecular formula is C35H48N4O10S. The van der Waals surface area contributed by atoms with Crippen molar-refractivity contribution in [1.29, 1.82) is 0 Å². The molecule has 3 N–H and O–H groups in total. The van der Waals surface area contributed by atoms with Crippen LogP contribution in [0.2, 0.25) is 0 Å². The van der Waals surface area contributed by atoms with Gasteiger partial charge in [0, 0.05) is 55.4 Å². The molecule has 1 heterocycles. The third-order valence-corrected chi connectivity index (χ3v) is 8.59. The third kappa shape index (κ3) is 12.8. The molecule has 3 amide bonds. The zero-order chi connectivity index (χ0) is 36.7. The van der Waals surface area contributed by atoms with Gasteiger partial charge in [0.05, 0.1) is 24.7 Å². The summed E-state index contributed by atoms with van der Waals surface area (Å²) in [7, 11) is -4.17. The zero-order valence-electron chi connectivity index (χ0n) is 29.3. The Balaban J connectivity index is 1.35. The maximum atomic E-state index is 12.7. The van der Waals surface area contributed by atoms with Crippen molar-refractivity contribution in [2.45, 2.75) is 64.4 Å². The van der Waals surface area contributed by atoms with Crippen LogP contribution in [0.15, 0.2) is 62.6 Å². The van der Waals surface area contributed by atoms with Crippen molar-refractivity contribution in [3.05, 3.63) is 70.1 Å². The van der Waals surface area contributed by atoms with E-state index >= 15 is 0 Å². The Morgan fingerprint density at radius 3 is 2.22 bits per heavy atom. The number of carbonyl (C=O) groups excluding carboxylic acids is 3. The normalized spacial score (nSPS) is 11.6. The molecule has 0 spiro atoms. The van der Waals surface area contributed by atoms with Gasteiger partial charge in [0.1, 0.15) is 16.7 Å². The molecule has 0 aliphatic heterocycles. The van der Waals surface area contributed by atoms with Gasteiger partial charge in [-0.05, 0) is 90.3 Å². The molecule has 0 aliphatic carbocycles. The van der Waals surface area contributed by atoms with Gasteiger partial charge in [-0.25, -0.2) is 9.59 Å². The number of amides is 3. The average Bonchev–Trinajstić information content (AvgIpc) is 3.06. The Morgan fingerprint density at radius 1 is 0.820 bits per heavy atom. The van der Waals surface area contributed by atoms with E-state index in [1.54, 1.807) is 32.9 Å². The topological polar surface area (TPSA) is 183 Å². The number of hydrogen-bond donors (Lipinski definition) is 3. The Morgan fingerprint density at radius 2 is 1.52 bits per heavy atom. The number of alkyl carbamates (subject to hydrolysis) is 1. The van der Waals surface area contributed by atoms with Crippen LogP contribution in [0.5, 0.6) is 0 Å². The number of nitrogens with zero attached hydrogens (tertiary/aromatic N) is 1. The lowest BCUT2D eigenvalue weighted by Gasteiger charge is -2.21. The van der Waals surface area contributed by atoms with E-state index in [1.165, 1.54) is 30.3 Å². The standard InChI is InChI=1S/C35H48N4O10S/c1-6-39(7-2)27-15-14-25-23-29(33(42)48-30(25)24-27)32(41)37-18-19-46-20-21-47-50(44,45)28-13-11-12-26(22-28)31(40)36-16-9-8-10-17-38-34(43)49-35(3,4)5/h11-15,22-24H,6-10,16-21H2,1-5H3,(H,36,40)(H,37,41)(H,38,43). The molecular weight excluding hydrogens is 668 g/mol. The molecule has 15 heteroatoms. The molecule has 3 rings (SSSR count). The van der Waals surface area contributed by atoms with Gasteiger partial charge in [0.25, 0.3) is 21.9 Å². The Hall–Kier alpha value is -4.47. The van der Waals surface area contributed by atoms with E-state index in [-0.39, 0.29) is 42.4 Å². The van der Waals surface area contributed by atoms with Gasteiger partial charge >= 0.3 is 11.7 Å².